The van der Waals surface area contributed by atoms with Crippen LogP contribution < -0.4 is 4.90 Å². The number of ether oxygens (including phenoxy) is 2. The zero-order chi connectivity index (χ0) is 14.3. The van der Waals surface area contributed by atoms with Crippen molar-refractivity contribution in [3.63, 3.8) is 0 Å². The monoisotopic (exact) mass is 284 g/mol. The summed E-state index contributed by atoms with van der Waals surface area (Å²) >= 11 is 0. The molecule has 1 aromatic heterocycles. The summed E-state index contributed by atoms with van der Waals surface area (Å²) in [6.07, 6.45) is 0.992. The van der Waals surface area contributed by atoms with Crippen LogP contribution in [0.25, 0.3) is 10.9 Å². The van der Waals surface area contributed by atoms with Crippen molar-refractivity contribution in [3.05, 3.63) is 36.0 Å². The molecule has 2 aliphatic heterocycles. The van der Waals surface area contributed by atoms with Gasteiger partial charge in [-0.3, -0.25) is 4.98 Å². The first-order valence-electron chi connectivity index (χ1n) is 7.59. The normalized spacial score (nSPS) is 25.9. The molecule has 0 aliphatic carbocycles. The average molecular weight is 284 g/mol. The predicted octanol–water partition coefficient (Wildman–Crippen LogP) is 2.54. The fraction of sp³-hybridized carbons (Fsp3) is 0.471. The minimum Gasteiger partial charge on any atom is -0.378 e. The third kappa shape index (κ3) is 2.28. The van der Waals surface area contributed by atoms with Gasteiger partial charge in [-0.05, 0) is 19.1 Å². The molecule has 0 N–H and O–H groups in total. The van der Waals surface area contributed by atoms with Gasteiger partial charge in [0.1, 0.15) is 5.60 Å². The molecule has 0 saturated carbocycles. The Morgan fingerprint density at radius 1 is 1.24 bits per heavy atom. The van der Waals surface area contributed by atoms with Crippen LogP contribution in [-0.4, -0.2) is 43.5 Å². The van der Waals surface area contributed by atoms with E-state index in [4.69, 9.17) is 9.47 Å². The number of rotatable bonds is 1. The number of pyridine rings is 1. The summed E-state index contributed by atoms with van der Waals surface area (Å²) in [5.74, 6) is 0. The van der Waals surface area contributed by atoms with Gasteiger partial charge >= 0.3 is 0 Å². The first-order chi connectivity index (χ1) is 10.3. The number of nitrogens with zero attached hydrogens (tertiary/aromatic N) is 2. The van der Waals surface area contributed by atoms with E-state index in [0.29, 0.717) is 6.61 Å². The molecule has 0 radical (unpaired) electrons. The smallest absolute Gasteiger partial charge is 0.111 e. The van der Waals surface area contributed by atoms with Crippen LogP contribution in [0, 0.1) is 6.92 Å². The summed E-state index contributed by atoms with van der Waals surface area (Å²) < 4.78 is 11.6. The zero-order valence-corrected chi connectivity index (χ0v) is 12.3. The molecule has 2 aliphatic rings. The summed E-state index contributed by atoms with van der Waals surface area (Å²) in [6, 6.07) is 10.6. The molecular weight excluding hydrogens is 264 g/mol. The molecule has 1 atom stereocenters. The minimum absolute atomic E-state index is 0.115. The number of para-hydroxylation sites is 1. The molecule has 3 heterocycles. The minimum atomic E-state index is -0.115. The van der Waals surface area contributed by atoms with Crippen molar-refractivity contribution in [1.82, 2.24) is 4.98 Å². The maximum Gasteiger partial charge on any atom is 0.111 e. The fourth-order valence-electron chi connectivity index (χ4n) is 3.42. The third-order valence-electron chi connectivity index (χ3n) is 4.48. The van der Waals surface area contributed by atoms with Gasteiger partial charge < -0.3 is 14.4 Å². The van der Waals surface area contributed by atoms with Crippen LogP contribution in [0.5, 0.6) is 0 Å². The molecule has 2 fully saturated rings. The molecule has 1 aromatic carbocycles. The second-order valence-electron chi connectivity index (χ2n) is 6.06. The molecule has 110 valence electrons. The Balaban J connectivity index is 1.75. The van der Waals surface area contributed by atoms with Crippen molar-refractivity contribution in [2.75, 3.05) is 37.8 Å². The molecule has 2 saturated heterocycles. The van der Waals surface area contributed by atoms with Gasteiger partial charge in [0.15, 0.2) is 0 Å². The number of morpholine rings is 1. The van der Waals surface area contributed by atoms with Crippen LogP contribution in [0.1, 0.15) is 12.1 Å². The average Bonchev–Trinajstić information content (AvgIpc) is 2.94. The van der Waals surface area contributed by atoms with Crippen LogP contribution in [-0.2, 0) is 9.47 Å². The number of hydrogen-bond donors (Lipinski definition) is 0. The maximum absolute atomic E-state index is 6.04. The maximum atomic E-state index is 6.04. The second kappa shape index (κ2) is 4.97. The van der Waals surface area contributed by atoms with Crippen LogP contribution >= 0.6 is 0 Å². The lowest BCUT2D eigenvalue weighted by molar-refractivity contribution is -0.0578. The lowest BCUT2D eigenvalue weighted by atomic mass is 9.99. The summed E-state index contributed by atoms with van der Waals surface area (Å²) in [7, 11) is 0. The van der Waals surface area contributed by atoms with Gasteiger partial charge in [-0.1, -0.05) is 18.2 Å². The molecule has 1 spiro atoms. The Kier molecular flexibility index (Phi) is 3.08. The number of fused-ring (bicyclic) bond motifs is 1. The highest BCUT2D eigenvalue weighted by atomic mass is 16.6. The van der Waals surface area contributed by atoms with E-state index in [1.807, 2.05) is 6.07 Å². The third-order valence-corrected chi connectivity index (χ3v) is 4.48. The summed E-state index contributed by atoms with van der Waals surface area (Å²) in [5, 5.41) is 1.22. The standard InChI is InChI=1S/C17H20N2O2/c1-13-10-16(14-4-2-3-5-15(14)18-13)19-7-9-21-17(11-19)6-8-20-12-17/h2-5,10H,6-9,11-12H2,1H3. The van der Waals surface area contributed by atoms with Crippen LogP contribution in [0.3, 0.4) is 0 Å². The van der Waals surface area contributed by atoms with Crippen molar-refractivity contribution in [3.8, 4) is 0 Å². The van der Waals surface area contributed by atoms with E-state index < -0.39 is 0 Å². The second-order valence-corrected chi connectivity index (χ2v) is 6.06. The lowest BCUT2D eigenvalue weighted by Crippen LogP contribution is -2.52. The molecule has 21 heavy (non-hydrogen) atoms. The highest BCUT2D eigenvalue weighted by Crippen LogP contribution is 2.33. The van der Waals surface area contributed by atoms with Crippen molar-refractivity contribution >= 4 is 16.6 Å². The fourth-order valence-corrected chi connectivity index (χ4v) is 3.42. The Morgan fingerprint density at radius 3 is 3.00 bits per heavy atom. The van der Waals surface area contributed by atoms with E-state index in [1.165, 1.54) is 11.1 Å². The first kappa shape index (κ1) is 13.0. The molecule has 0 bridgehead atoms. The SMILES string of the molecule is Cc1cc(N2CCOC3(CCOC3)C2)c2ccccc2n1. The summed E-state index contributed by atoms with van der Waals surface area (Å²) in [4.78, 5) is 7.08. The van der Waals surface area contributed by atoms with Crippen molar-refractivity contribution in [2.24, 2.45) is 0 Å². The van der Waals surface area contributed by atoms with Gasteiger partial charge in [-0.2, -0.15) is 0 Å². The van der Waals surface area contributed by atoms with Crippen LogP contribution in [0.2, 0.25) is 0 Å². The number of aromatic nitrogens is 1. The van der Waals surface area contributed by atoms with Crippen molar-refractivity contribution in [1.29, 1.82) is 0 Å². The van der Waals surface area contributed by atoms with Gasteiger partial charge in [-0.15, -0.1) is 0 Å². The Labute approximate surface area is 124 Å². The van der Waals surface area contributed by atoms with E-state index in [2.05, 4.69) is 41.1 Å². The van der Waals surface area contributed by atoms with E-state index in [-0.39, 0.29) is 5.60 Å². The van der Waals surface area contributed by atoms with Crippen LogP contribution in [0.4, 0.5) is 5.69 Å². The Bertz CT molecular complexity index is 665. The molecular formula is C17H20N2O2. The molecule has 4 nitrogen and oxygen atoms in total. The van der Waals surface area contributed by atoms with Gasteiger partial charge in [0, 0.05) is 42.9 Å². The van der Waals surface area contributed by atoms with E-state index in [0.717, 1.165) is 43.9 Å². The molecule has 0 amide bonds. The topological polar surface area (TPSA) is 34.6 Å². The number of aryl methyl sites for hydroxylation is 1. The van der Waals surface area contributed by atoms with E-state index >= 15 is 0 Å². The largest absolute Gasteiger partial charge is 0.378 e. The van der Waals surface area contributed by atoms with Gasteiger partial charge in [-0.25, -0.2) is 0 Å². The van der Waals surface area contributed by atoms with Crippen molar-refractivity contribution < 1.29 is 9.47 Å². The van der Waals surface area contributed by atoms with E-state index in [1.54, 1.807) is 0 Å². The highest BCUT2D eigenvalue weighted by Gasteiger charge is 2.40. The zero-order valence-electron chi connectivity index (χ0n) is 12.3. The Morgan fingerprint density at radius 2 is 2.14 bits per heavy atom. The number of hydrogen-bond acceptors (Lipinski definition) is 4. The van der Waals surface area contributed by atoms with Crippen molar-refractivity contribution in [2.45, 2.75) is 18.9 Å². The van der Waals surface area contributed by atoms with Gasteiger partial charge in [0.2, 0.25) is 0 Å². The molecule has 4 rings (SSSR count). The number of anilines is 1. The first-order valence-corrected chi connectivity index (χ1v) is 7.59. The highest BCUT2D eigenvalue weighted by molar-refractivity contribution is 5.92. The molecule has 2 aromatic rings. The predicted molar refractivity (Wildman–Crippen MR) is 82.8 cm³/mol. The molecule has 4 heteroatoms. The number of benzene rings is 1. The lowest BCUT2D eigenvalue weighted by Gasteiger charge is -2.41. The quantitative estimate of drug-likeness (QED) is 0.806. The summed E-state index contributed by atoms with van der Waals surface area (Å²) in [5.41, 5.74) is 3.28. The van der Waals surface area contributed by atoms with Gasteiger partial charge in [0.05, 0.1) is 18.7 Å². The Hall–Kier alpha value is -1.65. The van der Waals surface area contributed by atoms with Gasteiger partial charge in [0.25, 0.3) is 0 Å². The molecule has 1 unspecified atom stereocenters. The summed E-state index contributed by atoms with van der Waals surface area (Å²) in [6.45, 7) is 6.18. The van der Waals surface area contributed by atoms with E-state index in [9.17, 15) is 0 Å². The van der Waals surface area contributed by atoms with Crippen LogP contribution in [0.15, 0.2) is 30.3 Å².